The molecule has 0 amide bonds. The van der Waals surface area contributed by atoms with Crippen LogP contribution in [0.25, 0.3) is 4.85 Å². The lowest BCUT2D eigenvalue weighted by Crippen LogP contribution is -2.11. The maximum Gasteiger partial charge on any atom is 0.277 e. The van der Waals surface area contributed by atoms with Crippen molar-refractivity contribution in [1.82, 2.24) is 0 Å². The quantitative estimate of drug-likeness (QED) is 0.553. The molecule has 0 N–H and O–H groups in total. The zero-order valence-electron chi connectivity index (χ0n) is 8.15. The van der Waals surface area contributed by atoms with Gasteiger partial charge >= 0.3 is 0 Å². The SMILES string of the molecule is [C-]#[N+]C(C)(C)SC(=S)c1ccccc1. The van der Waals surface area contributed by atoms with E-state index < -0.39 is 4.87 Å². The minimum Gasteiger partial charge on any atom is -0.299 e. The Balaban J connectivity index is 2.75. The zero-order chi connectivity index (χ0) is 10.6. The van der Waals surface area contributed by atoms with Crippen molar-refractivity contribution in [2.24, 2.45) is 0 Å². The van der Waals surface area contributed by atoms with E-state index in [1.54, 1.807) is 0 Å². The van der Waals surface area contributed by atoms with Crippen molar-refractivity contribution in [2.75, 3.05) is 0 Å². The van der Waals surface area contributed by atoms with Crippen LogP contribution in [0.4, 0.5) is 0 Å². The molecule has 0 atom stereocenters. The largest absolute Gasteiger partial charge is 0.299 e. The number of hydrogen-bond acceptors (Lipinski definition) is 2. The van der Waals surface area contributed by atoms with Gasteiger partial charge in [0.15, 0.2) is 0 Å². The highest BCUT2D eigenvalue weighted by Gasteiger charge is 2.26. The maximum absolute atomic E-state index is 7.01. The van der Waals surface area contributed by atoms with E-state index in [0.717, 1.165) is 9.76 Å². The smallest absolute Gasteiger partial charge is 0.277 e. The first-order valence-electron chi connectivity index (χ1n) is 4.22. The van der Waals surface area contributed by atoms with Crippen LogP contribution in [-0.4, -0.2) is 9.07 Å². The lowest BCUT2D eigenvalue weighted by atomic mass is 10.2. The number of hydrogen-bond donors (Lipinski definition) is 0. The number of thiocarbonyl (C=S) groups is 1. The Hall–Kier alpha value is -0.850. The molecule has 0 aliphatic heterocycles. The van der Waals surface area contributed by atoms with Crippen LogP contribution in [-0.2, 0) is 0 Å². The molecule has 1 nitrogen and oxygen atoms in total. The summed E-state index contributed by atoms with van der Waals surface area (Å²) in [6.45, 7) is 10.8. The van der Waals surface area contributed by atoms with Gasteiger partial charge in [0.25, 0.3) is 4.87 Å². The fraction of sp³-hybridized carbons (Fsp3) is 0.273. The minimum atomic E-state index is -0.465. The Bertz CT molecular complexity index is 363. The van der Waals surface area contributed by atoms with Crippen molar-refractivity contribution in [2.45, 2.75) is 18.7 Å². The molecule has 0 bridgehead atoms. The lowest BCUT2D eigenvalue weighted by molar-refractivity contribution is 0.899. The fourth-order valence-electron chi connectivity index (χ4n) is 0.883. The van der Waals surface area contributed by atoms with E-state index in [9.17, 15) is 0 Å². The highest BCUT2D eigenvalue weighted by Crippen LogP contribution is 2.29. The standard InChI is InChI=1S/C11H11NS2/c1-11(2,12-3)14-10(13)9-7-5-4-6-8-9/h4-8H,1-2H3. The van der Waals surface area contributed by atoms with Gasteiger partial charge in [-0.15, -0.1) is 0 Å². The molecular weight excluding hydrogens is 210 g/mol. The second-order valence-electron chi connectivity index (χ2n) is 3.31. The first-order valence-corrected chi connectivity index (χ1v) is 5.45. The summed E-state index contributed by atoms with van der Waals surface area (Å²) < 4.78 is 0.784. The van der Waals surface area contributed by atoms with Gasteiger partial charge in [-0.05, 0) is 17.3 Å². The minimum absolute atomic E-state index is 0.465. The predicted molar refractivity (Wildman–Crippen MR) is 66.4 cm³/mol. The molecule has 0 saturated heterocycles. The summed E-state index contributed by atoms with van der Waals surface area (Å²) in [6.07, 6.45) is 0. The molecule has 72 valence electrons. The molecule has 0 fully saturated rings. The Labute approximate surface area is 94.3 Å². The zero-order valence-corrected chi connectivity index (χ0v) is 9.78. The Morgan fingerprint density at radius 1 is 1.36 bits per heavy atom. The maximum atomic E-state index is 7.01. The van der Waals surface area contributed by atoms with Crippen LogP contribution in [0.3, 0.4) is 0 Å². The average molecular weight is 221 g/mol. The molecular formula is C11H11NS2. The van der Waals surface area contributed by atoms with Crippen molar-refractivity contribution < 1.29 is 0 Å². The van der Waals surface area contributed by atoms with Gasteiger partial charge in [-0.2, -0.15) is 0 Å². The van der Waals surface area contributed by atoms with Crippen LogP contribution >= 0.6 is 24.0 Å². The number of thioether (sulfide) groups is 1. The van der Waals surface area contributed by atoms with Crippen molar-refractivity contribution in [3.05, 3.63) is 47.3 Å². The summed E-state index contributed by atoms with van der Waals surface area (Å²) in [5.41, 5.74) is 1.02. The molecule has 0 heterocycles. The van der Waals surface area contributed by atoms with Crippen LogP contribution in [0.5, 0.6) is 0 Å². The lowest BCUT2D eigenvalue weighted by Gasteiger charge is -2.10. The van der Waals surface area contributed by atoms with Crippen LogP contribution in [0.1, 0.15) is 19.4 Å². The summed E-state index contributed by atoms with van der Waals surface area (Å²) in [5.74, 6) is 0. The molecule has 1 aromatic rings. The van der Waals surface area contributed by atoms with Gasteiger partial charge in [0.2, 0.25) is 0 Å². The van der Waals surface area contributed by atoms with Crippen LogP contribution in [0.2, 0.25) is 0 Å². The molecule has 0 aliphatic rings. The molecule has 0 aromatic heterocycles. The fourth-order valence-corrected chi connectivity index (χ4v) is 2.38. The first kappa shape index (κ1) is 11.2. The van der Waals surface area contributed by atoms with Crippen LogP contribution in [0, 0.1) is 6.57 Å². The highest BCUT2D eigenvalue weighted by molar-refractivity contribution is 8.24. The second-order valence-corrected chi connectivity index (χ2v) is 5.59. The highest BCUT2D eigenvalue weighted by atomic mass is 32.2. The summed E-state index contributed by atoms with van der Waals surface area (Å²) in [6, 6.07) is 9.79. The van der Waals surface area contributed by atoms with E-state index in [1.165, 1.54) is 11.8 Å². The van der Waals surface area contributed by atoms with Crippen LogP contribution in [0.15, 0.2) is 30.3 Å². The summed E-state index contributed by atoms with van der Waals surface area (Å²) in [4.78, 5) is 3.05. The van der Waals surface area contributed by atoms with Crippen molar-refractivity contribution in [3.8, 4) is 0 Å². The van der Waals surface area contributed by atoms with E-state index in [-0.39, 0.29) is 0 Å². The molecule has 1 rings (SSSR count). The molecule has 1 aromatic carbocycles. The number of rotatable bonds is 2. The van der Waals surface area contributed by atoms with E-state index >= 15 is 0 Å². The average Bonchev–Trinajstić information content (AvgIpc) is 2.19. The second kappa shape index (κ2) is 4.59. The molecule has 3 heteroatoms. The third-order valence-electron chi connectivity index (χ3n) is 1.62. The Morgan fingerprint density at radius 2 is 1.93 bits per heavy atom. The molecule has 0 aliphatic carbocycles. The third-order valence-corrected chi connectivity index (χ3v) is 3.12. The molecule has 14 heavy (non-hydrogen) atoms. The van der Waals surface area contributed by atoms with Crippen molar-refractivity contribution in [3.63, 3.8) is 0 Å². The van der Waals surface area contributed by atoms with Gasteiger partial charge in [-0.1, -0.05) is 42.5 Å². The third kappa shape index (κ3) is 3.13. The summed E-state index contributed by atoms with van der Waals surface area (Å²) in [7, 11) is 0. The van der Waals surface area contributed by atoms with E-state index in [1.807, 2.05) is 44.2 Å². The van der Waals surface area contributed by atoms with Crippen molar-refractivity contribution in [1.29, 1.82) is 0 Å². The van der Waals surface area contributed by atoms with Crippen molar-refractivity contribution >= 4 is 28.2 Å². The van der Waals surface area contributed by atoms with Gasteiger partial charge < -0.3 is 0 Å². The number of nitrogens with zero attached hydrogens (tertiary/aromatic N) is 1. The summed E-state index contributed by atoms with van der Waals surface area (Å²) in [5, 5.41) is 0. The van der Waals surface area contributed by atoms with Crippen LogP contribution < -0.4 is 0 Å². The molecule has 0 radical (unpaired) electrons. The topological polar surface area (TPSA) is 4.36 Å². The van der Waals surface area contributed by atoms with E-state index in [2.05, 4.69) is 4.85 Å². The summed E-state index contributed by atoms with van der Waals surface area (Å²) >= 11 is 6.69. The number of benzene rings is 1. The normalized spacial score (nSPS) is 10.6. The van der Waals surface area contributed by atoms with E-state index in [4.69, 9.17) is 18.8 Å². The molecule has 0 unspecified atom stereocenters. The predicted octanol–water partition coefficient (Wildman–Crippen LogP) is 3.75. The van der Waals surface area contributed by atoms with Gasteiger partial charge in [-0.25, -0.2) is 6.57 Å². The Morgan fingerprint density at radius 3 is 2.43 bits per heavy atom. The van der Waals surface area contributed by atoms with E-state index in [0.29, 0.717) is 0 Å². The van der Waals surface area contributed by atoms with Gasteiger partial charge in [0.05, 0.1) is 4.20 Å². The Kier molecular flexibility index (Phi) is 3.68. The first-order chi connectivity index (χ1) is 6.55. The molecule has 0 saturated carbocycles. The van der Waals surface area contributed by atoms with Gasteiger partial charge in [-0.3, -0.25) is 4.85 Å². The monoisotopic (exact) mass is 221 g/mol. The van der Waals surface area contributed by atoms with Gasteiger partial charge in [0, 0.05) is 13.8 Å². The van der Waals surface area contributed by atoms with Gasteiger partial charge in [0.1, 0.15) is 0 Å². The molecule has 0 spiro atoms.